The summed E-state index contributed by atoms with van der Waals surface area (Å²) >= 11 is 0. The number of carbonyl (C=O) groups is 3. The van der Waals surface area contributed by atoms with E-state index in [1.807, 2.05) is 31.2 Å². The van der Waals surface area contributed by atoms with Gasteiger partial charge in [0.1, 0.15) is 6.61 Å². The molecule has 180 valence electrons. The van der Waals surface area contributed by atoms with Crippen molar-refractivity contribution in [2.45, 2.75) is 63.5 Å². The quantitative estimate of drug-likeness (QED) is 0.482. The van der Waals surface area contributed by atoms with Crippen molar-refractivity contribution in [2.24, 2.45) is 5.92 Å². The highest BCUT2D eigenvalue weighted by Crippen LogP contribution is 2.44. The highest BCUT2D eigenvalue weighted by molar-refractivity contribution is 5.79. The number of carbonyl (C=O) groups excluding carboxylic acids is 2. The van der Waals surface area contributed by atoms with E-state index in [9.17, 15) is 14.4 Å². The fourth-order valence-electron chi connectivity index (χ4n) is 5.16. The average molecular weight is 465 g/mol. The maximum Gasteiger partial charge on any atom is 0.407 e. The lowest BCUT2D eigenvalue weighted by Gasteiger charge is -2.35. The second kappa shape index (κ2) is 10.7. The van der Waals surface area contributed by atoms with Crippen LogP contribution >= 0.6 is 0 Å². The molecule has 2 aliphatic rings. The lowest BCUT2D eigenvalue weighted by Crippen LogP contribution is -2.46. The van der Waals surface area contributed by atoms with Crippen molar-refractivity contribution in [3.8, 4) is 11.1 Å². The van der Waals surface area contributed by atoms with Gasteiger partial charge in [-0.1, -0.05) is 61.9 Å². The van der Waals surface area contributed by atoms with Crippen molar-refractivity contribution in [2.75, 3.05) is 6.61 Å². The molecule has 0 radical (unpaired) electrons. The Hall–Kier alpha value is -3.35. The van der Waals surface area contributed by atoms with E-state index in [1.165, 1.54) is 22.3 Å². The first-order chi connectivity index (χ1) is 16.4. The minimum atomic E-state index is -0.908. The van der Waals surface area contributed by atoms with Crippen LogP contribution in [-0.2, 0) is 14.3 Å². The van der Waals surface area contributed by atoms with Gasteiger partial charge >= 0.3 is 12.1 Å². The summed E-state index contributed by atoms with van der Waals surface area (Å²) < 4.78 is 5.59. The molecule has 0 aromatic heterocycles. The molecule has 1 saturated carbocycles. The molecule has 2 aromatic rings. The fraction of sp³-hybridized carbons (Fsp3) is 0.444. The van der Waals surface area contributed by atoms with Gasteiger partial charge in [-0.05, 0) is 47.4 Å². The van der Waals surface area contributed by atoms with Crippen molar-refractivity contribution >= 4 is 18.0 Å². The first-order valence-corrected chi connectivity index (χ1v) is 12.1. The van der Waals surface area contributed by atoms with Crippen molar-refractivity contribution in [3.63, 3.8) is 0 Å². The zero-order chi connectivity index (χ0) is 24.1. The van der Waals surface area contributed by atoms with Crippen LogP contribution in [0.25, 0.3) is 11.1 Å². The summed E-state index contributed by atoms with van der Waals surface area (Å²) in [4.78, 5) is 35.6. The van der Waals surface area contributed by atoms with Crippen LogP contribution in [0.2, 0.25) is 0 Å². The normalized spacial score (nSPS) is 19.3. The second-order valence-electron chi connectivity index (χ2n) is 9.36. The van der Waals surface area contributed by atoms with Crippen LogP contribution in [0.3, 0.4) is 0 Å². The number of rotatable bonds is 10. The lowest BCUT2D eigenvalue weighted by atomic mass is 9.78. The predicted molar refractivity (Wildman–Crippen MR) is 128 cm³/mol. The van der Waals surface area contributed by atoms with E-state index in [0.29, 0.717) is 12.8 Å². The summed E-state index contributed by atoms with van der Waals surface area (Å²) in [5.74, 6) is -0.817. The van der Waals surface area contributed by atoms with E-state index < -0.39 is 12.1 Å². The molecule has 1 atom stereocenters. The molecule has 3 N–H and O–H groups in total. The molecule has 0 unspecified atom stereocenters. The molecular formula is C27H32N2O5. The summed E-state index contributed by atoms with van der Waals surface area (Å²) in [6.45, 7) is 2.24. The van der Waals surface area contributed by atoms with Crippen LogP contribution in [-0.4, -0.2) is 41.8 Å². The molecule has 0 saturated heterocycles. The highest BCUT2D eigenvalue weighted by atomic mass is 16.5. The van der Waals surface area contributed by atoms with Crippen molar-refractivity contribution in [3.05, 3.63) is 59.7 Å². The van der Waals surface area contributed by atoms with E-state index in [-0.39, 0.29) is 42.9 Å². The number of aliphatic carboxylic acids is 1. The van der Waals surface area contributed by atoms with Gasteiger partial charge in [-0.15, -0.1) is 0 Å². The molecular weight excluding hydrogens is 432 g/mol. The van der Waals surface area contributed by atoms with Gasteiger partial charge < -0.3 is 20.5 Å². The monoisotopic (exact) mass is 464 g/mol. The summed E-state index contributed by atoms with van der Waals surface area (Å²) in [6, 6.07) is 16.1. The molecule has 1 fully saturated rings. The molecule has 34 heavy (non-hydrogen) atoms. The third kappa shape index (κ3) is 5.58. The first-order valence-electron chi connectivity index (χ1n) is 12.1. The van der Waals surface area contributed by atoms with Crippen molar-refractivity contribution in [1.82, 2.24) is 10.6 Å². The number of carboxylic acid groups (broad SMARTS) is 1. The van der Waals surface area contributed by atoms with E-state index in [0.717, 1.165) is 19.3 Å². The number of carboxylic acids is 1. The molecule has 0 spiro atoms. The Balaban J connectivity index is 1.20. The number of hydrogen-bond acceptors (Lipinski definition) is 4. The largest absolute Gasteiger partial charge is 0.481 e. The topological polar surface area (TPSA) is 105 Å². The minimum absolute atomic E-state index is 0.00101. The summed E-state index contributed by atoms with van der Waals surface area (Å²) in [7, 11) is 0. The Kier molecular flexibility index (Phi) is 7.50. The number of nitrogens with one attached hydrogen (secondary N) is 2. The third-order valence-corrected chi connectivity index (χ3v) is 6.80. The van der Waals surface area contributed by atoms with E-state index in [4.69, 9.17) is 9.84 Å². The Labute approximate surface area is 199 Å². The van der Waals surface area contributed by atoms with Gasteiger partial charge in [-0.3, -0.25) is 9.59 Å². The third-order valence-electron chi connectivity index (χ3n) is 6.80. The SMILES string of the molecule is CCC[C@@H](CC(=O)O)NC(=O)CC1CC(NC(=O)OCC2c3ccccc3-c3ccccc32)C1. The van der Waals surface area contributed by atoms with Gasteiger partial charge in [0.05, 0.1) is 6.42 Å². The zero-order valence-corrected chi connectivity index (χ0v) is 19.5. The Morgan fingerprint density at radius 2 is 1.65 bits per heavy atom. The minimum Gasteiger partial charge on any atom is -0.481 e. The number of alkyl carbamates (subject to hydrolysis) is 1. The van der Waals surface area contributed by atoms with Gasteiger partial charge in [0.2, 0.25) is 5.91 Å². The van der Waals surface area contributed by atoms with Gasteiger partial charge in [-0.2, -0.15) is 0 Å². The second-order valence-corrected chi connectivity index (χ2v) is 9.36. The molecule has 4 rings (SSSR count). The van der Waals surface area contributed by atoms with E-state index in [2.05, 4.69) is 34.9 Å². The number of ether oxygens (including phenoxy) is 1. The highest BCUT2D eigenvalue weighted by Gasteiger charge is 2.33. The molecule has 0 heterocycles. The van der Waals surface area contributed by atoms with Crippen molar-refractivity contribution in [1.29, 1.82) is 0 Å². The van der Waals surface area contributed by atoms with Crippen LogP contribution in [0.5, 0.6) is 0 Å². The summed E-state index contributed by atoms with van der Waals surface area (Å²) in [6.07, 6.45) is 2.75. The van der Waals surface area contributed by atoms with Crippen LogP contribution in [0, 0.1) is 5.92 Å². The number of amides is 2. The maximum atomic E-state index is 12.4. The smallest absolute Gasteiger partial charge is 0.407 e. The van der Waals surface area contributed by atoms with Crippen LogP contribution in [0.1, 0.15) is 62.5 Å². The zero-order valence-electron chi connectivity index (χ0n) is 19.5. The van der Waals surface area contributed by atoms with Gasteiger partial charge in [-0.25, -0.2) is 4.79 Å². The Morgan fingerprint density at radius 3 is 2.24 bits per heavy atom. The van der Waals surface area contributed by atoms with Gasteiger partial charge in [0.25, 0.3) is 0 Å². The lowest BCUT2D eigenvalue weighted by molar-refractivity contribution is -0.137. The van der Waals surface area contributed by atoms with Gasteiger partial charge in [0.15, 0.2) is 0 Å². The Bertz CT molecular complexity index is 1000. The molecule has 2 amide bonds. The van der Waals surface area contributed by atoms with Crippen molar-refractivity contribution < 1.29 is 24.2 Å². The van der Waals surface area contributed by atoms with E-state index in [1.54, 1.807) is 0 Å². The summed E-state index contributed by atoms with van der Waals surface area (Å²) in [5, 5.41) is 14.7. The molecule has 7 nitrogen and oxygen atoms in total. The number of fused-ring (bicyclic) bond motifs is 3. The molecule has 2 aliphatic carbocycles. The molecule has 2 aromatic carbocycles. The summed E-state index contributed by atoms with van der Waals surface area (Å²) in [5.41, 5.74) is 4.74. The van der Waals surface area contributed by atoms with Crippen LogP contribution < -0.4 is 10.6 Å². The standard InChI is InChI=1S/C27H32N2O5/c1-2-7-18(15-26(31)32)28-25(30)14-17-12-19(13-17)29-27(33)34-16-24-22-10-5-3-8-20(22)21-9-4-6-11-23(21)24/h3-6,8-11,17-19,24H,2,7,12-16H2,1H3,(H,28,30)(H,29,33)(H,31,32)/t17?,18-,19?/m0/s1. The fourth-order valence-corrected chi connectivity index (χ4v) is 5.16. The Morgan fingerprint density at radius 1 is 1.03 bits per heavy atom. The molecule has 0 aliphatic heterocycles. The maximum absolute atomic E-state index is 12.4. The molecule has 7 heteroatoms. The number of hydrogen-bond donors (Lipinski definition) is 3. The average Bonchev–Trinajstić information content (AvgIpc) is 3.10. The van der Waals surface area contributed by atoms with Gasteiger partial charge in [0, 0.05) is 24.4 Å². The first kappa shape index (κ1) is 23.8. The molecule has 0 bridgehead atoms. The predicted octanol–water partition coefficient (Wildman–Crippen LogP) is 4.45. The van der Waals surface area contributed by atoms with Crippen LogP contribution in [0.15, 0.2) is 48.5 Å². The van der Waals surface area contributed by atoms with E-state index >= 15 is 0 Å². The van der Waals surface area contributed by atoms with Crippen LogP contribution in [0.4, 0.5) is 4.79 Å². The number of benzene rings is 2.